The Morgan fingerprint density at radius 1 is 1.09 bits per heavy atom. The highest BCUT2D eigenvalue weighted by molar-refractivity contribution is 5.90. The average Bonchev–Trinajstić information content (AvgIpc) is 3.20. The van der Waals surface area contributed by atoms with Gasteiger partial charge in [-0.3, -0.25) is 14.4 Å². The molecule has 1 aromatic heterocycles. The van der Waals surface area contributed by atoms with Gasteiger partial charge in [0.2, 0.25) is 5.91 Å². The van der Waals surface area contributed by atoms with Crippen molar-refractivity contribution < 1.29 is 44.7 Å². The monoisotopic (exact) mass is 461 g/mol. The molecule has 0 radical (unpaired) electrons. The number of hydrogen-bond acceptors (Lipinski definition) is 10. The van der Waals surface area contributed by atoms with Crippen molar-refractivity contribution in [2.24, 2.45) is 7.05 Å². The summed E-state index contributed by atoms with van der Waals surface area (Å²) in [6.45, 7) is 0.757. The molecule has 32 heavy (non-hydrogen) atoms. The second kappa shape index (κ2) is 12.4. The number of methoxy groups -OCH3 is 1. The van der Waals surface area contributed by atoms with E-state index in [1.807, 2.05) is 0 Å². The number of carbonyl (C=O) groups excluding carboxylic acids is 3. The molecule has 8 N–H and O–H groups in total. The van der Waals surface area contributed by atoms with E-state index in [-0.39, 0.29) is 5.69 Å². The standard InChI is InChI=1S/C18H31N5O9/c1-8(24)12(25)18(31)22-11(13(26)9-5-20-7-23(9)3)16(29)21-6-10(32-4)14(27)15(28)17(30)19-2/h5,7-8,10-15,24-28H,6H2,1-4H3,(H,19,30)(H,21,29)(H,22,31)/t8-,10-,11+,12+,13+,14-,15-/m0/s1. The van der Waals surface area contributed by atoms with Crippen molar-refractivity contribution in [1.82, 2.24) is 25.5 Å². The molecule has 0 saturated heterocycles. The Morgan fingerprint density at radius 3 is 2.19 bits per heavy atom. The van der Waals surface area contributed by atoms with E-state index in [2.05, 4.69) is 20.9 Å². The molecule has 0 spiro atoms. The molecule has 1 aromatic rings. The van der Waals surface area contributed by atoms with Gasteiger partial charge in [0.25, 0.3) is 11.8 Å². The first kappa shape index (κ1) is 27.4. The van der Waals surface area contributed by atoms with Gasteiger partial charge in [-0.2, -0.15) is 0 Å². The minimum absolute atomic E-state index is 0.162. The largest absolute Gasteiger partial charge is 0.390 e. The summed E-state index contributed by atoms with van der Waals surface area (Å²) in [7, 11) is 3.99. The maximum Gasteiger partial charge on any atom is 0.252 e. The van der Waals surface area contributed by atoms with Gasteiger partial charge in [0.15, 0.2) is 12.2 Å². The molecule has 0 bridgehead atoms. The van der Waals surface area contributed by atoms with Crippen molar-refractivity contribution in [3.63, 3.8) is 0 Å². The number of rotatable bonds is 12. The van der Waals surface area contributed by atoms with Crippen LogP contribution in [0.25, 0.3) is 0 Å². The Labute approximate surface area is 184 Å². The lowest BCUT2D eigenvalue weighted by Crippen LogP contribution is -2.56. The number of aromatic nitrogens is 2. The van der Waals surface area contributed by atoms with Crippen molar-refractivity contribution >= 4 is 17.7 Å². The number of carbonyl (C=O) groups is 3. The summed E-state index contributed by atoms with van der Waals surface area (Å²) in [4.78, 5) is 40.3. The van der Waals surface area contributed by atoms with Gasteiger partial charge in [-0.15, -0.1) is 0 Å². The SMILES string of the molecule is CNC(=O)[C@@H](O)[C@@H](O)[C@H](CNC(=O)[C@H](NC(=O)[C@H](O)[C@H](C)O)[C@H](O)c1cncn1C)OC. The van der Waals surface area contributed by atoms with Crippen molar-refractivity contribution in [3.8, 4) is 0 Å². The van der Waals surface area contributed by atoms with Gasteiger partial charge in [0.1, 0.15) is 24.4 Å². The number of hydrogen-bond donors (Lipinski definition) is 8. The molecule has 0 aromatic carbocycles. The molecule has 0 aliphatic rings. The molecular weight excluding hydrogens is 430 g/mol. The van der Waals surface area contributed by atoms with Gasteiger partial charge >= 0.3 is 0 Å². The van der Waals surface area contributed by atoms with Crippen molar-refractivity contribution in [3.05, 3.63) is 18.2 Å². The second-order valence-electron chi connectivity index (χ2n) is 7.11. The molecule has 182 valence electrons. The molecule has 14 heteroatoms. The number of aliphatic hydroxyl groups excluding tert-OH is 5. The summed E-state index contributed by atoms with van der Waals surface area (Å²) >= 11 is 0. The topological polar surface area (TPSA) is 215 Å². The zero-order chi connectivity index (χ0) is 24.6. The van der Waals surface area contributed by atoms with E-state index in [0.717, 1.165) is 0 Å². The fourth-order valence-electron chi connectivity index (χ4n) is 2.73. The number of nitrogens with one attached hydrogen (secondary N) is 3. The Kier molecular flexibility index (Phi) is 10.6. The van der Waals surface area contributed by atoms with Crippen LogP contribution in [-0.2, 0) is 26.2 Å². The molecule has 1 rings (SSSR count). The van der Waals surface area contributed by atoms with Crippen LogP contribution in [-0.4, -0.2) is 110 Å². The molecule has 1 heterocycles. The smallest absolute Gasteiger partial charge is 0.252 e. The molecule has 0 fully saturated rings. The fraction of sp³-hybridized carbons (Fsp3) is 0.667. The zero-order valence-corrected chi connectivity index (χ0v) is 18.2. The van der Waals surface area contributed by atoms with Crippen molar-refractivity contribution in [2.45, 2.75) is 49.6 Å². The molecule has 7 atom stereocenters. The molecule has 0 unspecified atom stereocenters. The van der Waals surface area contributed by atoms with E-state index in [4.69, 9.17) is 4.74 Å². The van der Waals surface area contributed by atoms with Crippen molar-refractivity contribution in [1.29, 1.82) is 0 Å². The highest BCUT2D eigenvalue weighted by Crippen LogP contribution is 2.17. The first-order valence-electron chi connectivity index (χ1n) is 9.65. The quantitative estimate of drug-likeness (QED) is 0.149. The molecule has 14 nitrogen and oxygen atoms in total. The van der Waals surface area contributed by atoms with Crippen LogP contribution in [0.2, 0.25) is 0 Å². The van der Waals surface area contributed by atoms with Gasteiger partial charge in [0.05, 0.1) is 24.3 Å². The predicted octanol–water partition coefficient (Wildman–Crippen LogP) is -4.72. The van der Waals surface area contributed by atoms with E-state index < -0.39 is 66.9 Å². The van der Waals surface area contributed by atoms with Gasteiger partial charge in [-0.25, -0.2) is 4.98 Å². The lowest BCUT2D eigenvalue weighted by molar-refractivity contribution is -0.143. The van der Waals surface area contributed by atoms with Crippen LogP contribution in [0.3, 0.4) is 0 Å². The summed E-state index contributed by atoms with van der Waals surface area (Å²) in [6, 6.07) is -1.63. The minimum atomic E-state index is -1.86. The second-order valence-corrected chi connectivity index (χ2v) is 7.11. The highest BCUT2D eigenvalue weighted by Gasteiger charge is 2.36. The molecule has 0 aliphatic heterocycles. The van der Waals surface area contributed by atoms with Crippen LogP contribution >= 0.6 is 0 Å². The van der Waals surface area contributed by atoms with Gasteiger partial charge < -0.3 is 50.8 Å². The van der Waals surface area contributed by atoms with Gasteiger partial charge in [0, 0.05) is 27.7 Å². The van der Waals surface area contributed by atoms with Crippen LogP contribution in [0.5, 0.6) is 0 Å². The van der Waals surface area contributed by atoms with Crippen molar-refractivity contribution in [2.75, 3.05) is 20.7 Å². The third-order valence-corrected chi connectivity index (χ3v) is 4.78. The third-order valence-electron chi connectivity index (χ3n) is 4.78. The summed E-state index contributed by atoms with van der Waals surface area (Å²) in [5.74, 6) is -2.91. The molecule has 3 amide bonds. The van der Waals surface area contributed by atoms with E-state index >= 15 is 0 Å². The number of likely N-dealkylation sites (N-methyl/N-ethyl adjacent to an activating group) is 1. The number of nitrogens with zero attached hydrogens (tertiary/aromatic N) is 2. The van der Waals surface area contributed by atoms with Crippen LogP contribution < -0.4 is 16.0 Å². The van der Waals surface area contributed by atoms with Crippen LogP contribution in [0.1, 0.15) is 18.7 Å². The zero-order valence-electron chi connectivity index (χ0n) is 18.2. The Bertz CT molecular complexity index is 772. The lowest BCUT2D eigenvalue weighted by Gasteiger charge is -2.28. The fourth-order valence-corrected chi connectivity index (χ4v) is 2.73. The summed E-state index contributed by atoms with van der Waals surface area (Å²) in [5, 5.41) is 56.4. The van der Waals surface area contributed by atoms with E-state index in [9.17, 15) is 39.9 Å². The predicted molar refractivity (Wildman–Crippen MR) is 108 cm³/mol. The van der Waals surface area contributed by atoms with Gasteiger partial charge in [-0.05, 0) is 6.92 Å². The maximum atomic E-state index is 12.8. The summed E-state index contributed by atoms with van der Waals surface area (Å²) in [5.41, 5.74) is 0.162. The normalized spacial score (nSPS) is 17.9. The first-order valence-corrected chi connectivity index (χ1v) is 9.65. The summed E-state index contributed by atoms with van der Waals surface area (Å²) < 4.78 is 6.43. The summed E-state index contributed by atoms with van der Waals surface area (Å²) in [6.07, 6.45) is -7.03. The minimum Gasteiger partial charge on any atom is -0.390 e. The van der Waals surface area contributed by atoms with E-state index in [1.54, 1.807) is 7.05 Å². The van der Waals surface area contributed by atoms with E-state index in [0.29, 0.717) is 0 Å². The average molecular weight is 461 g/mol. The maximum absolute atomic E-state index is 12.8. The van der Waals surface area contributed by atoms with Crippen LogP contribution in [0.15, 0.2) is 12.5 Å². The number of amides is 3. The van der Waals surface area contributed by atoms with Gasteiger partial charge in [-0.1, -0.05) is 0 Å². The lowest BCUT2D eigenvalue weighted by atomic mass is 10.0. The Morgan fingerprint density at radius 2 is 1.72 bits per heavy atom. The number of ether oxygens (including phenoxy) is 1. The first-order chi connectivity index (χ1) is 15.0. The number of aryl methyl sites for hydroxylation is 1. The Hall–Kier alpha value is -2.62. The number of aliphatic hydroxyl groups is 5. The molecule has 0 saturated carbocycles. The molecular formula is C18H31N5O9. The number of imidazole rings is 1. The van der Waals surface area contributed by atoms with Crippen LogP contribution in [0.4, 0.5) is 0 Å². The highest BCUT2D eigenvalue weighted by atomic mass is 16.5. The molecule has 0 aliphatic carbocycles. The Balaban J connectivity index is 3.00. The van der Waals surface area contributed by atoms with Crippen LogP contribution in [0, 0.1) is 0 Å². The van der Waals surface area contributed by atoms with E-state index in [1.165, 1.54) is 38.2 Å². The third kappa shape index (κ3) is 6.94.